The van der Waals surface area contributed by atoms with Crippen LogP contribution in [0.4, 0.5) is 15.8 Å². The molecule has 1 aromatic carbocycles. The van der Waals surface area contributed by atoms with E-state index in [9.17, 15) is 14.0 Å². The summed E-state index contributed by atoms with van der Waals surface area (Å²) in [5.41, 5.74) is 2.38. The SMILES string of the molecule is Cl.O=C(Nc1ccc2c(c1F)CCNC2)C1CC(=O)N(c2cn[nH]c2)C1. The number of amides is 2. The number of nitrogens with zero attached hydrogens (tertiary/aromatic N) is 2. The van der Waals surface area contributed by atoms with Crippen LogP contribution in [-0.4, -0.2) is 35.1 Å². The number of H-pyrrole nitrogens is 1. The van der Waals surface area contributed by atoms with Crippen LogP contribution in [0.1, 0.15) is 17.5 Å². The topological polar surface area (TPSA) is 90.1 Å². The van der Waals surface area contributed by atoms with E-state index >= 15 is 0 Å². The monoisotopic (exact) mass is 379 g/mol. The van der Waals surface area contributed by atoms with E-state index < -0.39 is 5.92 Å². The molecule has 2 aliphatic heterocycles. The maximum absolute atomic E-state index is 14.6. The number of benzene rings is 1. The maximum Gasteiger partial charge on any atom is 0.229 e. The van der Waals surface area contributed by atoms with E-state index in [0.29, 0.717) is 24.2 Å². The van der Waals surface area contributed by atoms with Gasteiger partial charge in [-0.05, 0) is 30.2 Å². The van der Waals surface area contributed by atoms with Gasteiger partial charge in [0.25, 0.3) is 0 Å². The Labute approximate surface area is 155 Å². The summed E-state index contributed by atoms with van der Waals surface area (Å²) in [6, 6.07) is 3.42. The highest BCUT2D eigenvalue weighted by Gasteiger charge is 2.36. The molecule has 1 aromatic heterocycles. The van der Waals surface area contributed by atoms with Crippen LogP contribution in [0.25, 0.3) is 0 Å². The summed E-state index contributed by atoms with van der Waals surface area (Å²) in [4.78, 5) is 26.1. The Hall–Kier alpha value is -2.45. The van der Waals surface area contributed by atoms with Crippen LogP contribution in [0.15, 0.2) is 24.5 Å². The van der Waals surface area contributed by atoms with Crippen molar-refractivity contribution in [1.82, 2.24) is 15.5 Å². The van der Waals surface area contributed by atoms with Crippen LogP contribution in [0.3, 0.4) is 0 Å². The van der Waals surface area contributed by atoms with E-state index in [1.165, 1.54) is 11.1 Å². The highest BCUT2D eigenvalue weighted by molar-refractivity contribution is 6.03. The Bertz CT molecular complexity index is 827. The normalized spacial score (nSPS) is 19.0. The molecule has 1 fully saturated rings. The van der Waals surface area contributed by atoms with Crippen molar-refractivity contribution in [3.8, 4) is 0 Å². The lowest BCUT2D eigenvalue weighted by atomic mass is 9.99. The molecule has 2 aromatic rings. The number of fused-ring (bicyclic) bond motifs is 1. The van der Waals surface area contributed by atoms with Crippen molar-refractivity contribution in [2.75, 3.05) is 23.3 Å². The van der Waals surface area contributed by atoms with Gasteiger partial charge in [-0.1, -0.05) is 6.07 Å². The summed E-state index contributed by atoms with van der Waals surface area (Å²) < 4.78 is 14.6. The Morgan fingerprint density at radius 2 is 2.23 bits per heavy atom. The van der Waals surface area contributed by atoms with Crippen molar-refractivity contribution in [1.29, 1.82) is 0 Å². The number of aromatic nitrogens is 2. The van der Waals surface area contributed by atoms with Gasteiger partial charge in [0.05, 0.1) is 23.5 Å². The largest absolute Gasteiger partial charge is 0.323 e. The zero-order valence-electron chi connectivity index (χ0n) is 13.9. The van der Waals surface area contributed by atoms with Crippen molar-refractivity contribution < 1.29 is 14.0 Å². The first kappa shape index (κ1) is 18.3. The fourth-order valence-electron chi connectivity index (χ4n) is 3.39. The number of rotatable bonds is 3. The molecule has 1 unspecified atom stereocenters. The van der Waals surface area contributed by atoms with E-state index in [1.807, 2.05) is 6.07 Å². The molecule has 1 atom stereocenters. The number of anilines is 2. The van der Waals surface area contributed by atoms with Crippen LogP contribution in [-0.2, 0) is 22.6 Å². The summed E-state index contributed by atoms with van der Waals surface area (Å²) in [5.74, 6) is -1.37. The average molecular weight is 380 g/mol. The fourth-order valence-corrected chi connectivity index (χ4v) is 3.39. The zero-order chi connectivity index (χ0) is 17.4. The van der Waals surface area contributed by atoms with Crippen molar-refractivity contribution in [3.63, 3.8) is 0 Å². The maximum atomic E-state index is 14.6. The second-order valence-electron chi connectivity index (χ2n) is 6.34. The van der Waals surface area contributed by atoms with Crippen LogP contribution in [0, 0.1) is 11.7 Å². The van der Waals surface area contributed by atoms with Crippen LogP contribution >= 0.6 is 12.4 Å². The molecule has 26 heavy (non-hydrogen) atoms. The molecule has 0 spiro atoms. The number of carbonyl (C=O) groups excluding carboxylic acids is 2. The smallest absolute Gasteiger partial charge is 0.229 e. The van der Waals surface area contributed by atoms with Crippen molar-refractivity contribution in [3.05, 3.63) is 41.5 Å². The summed E-state index contributed by atoms with van der Waals surface area (Å²) in [6.07, 6.45) is 3.85. The molecule has 0 radical (unpaired) electrons. The van der Waals surface area contributed by atoms with Gasteiger partial charge in [-0.15, -0.1) is 12.4 Å². The lowest BCUT2D eigenvalue weighted by Crippen LogP contribution is -2.29. The Kier molecular flexibility index (Phi) is 5.24. The number of hydrogen-bond donors (Lipinski definition) is 3. The second kappa shape index (κ2) is 7.43. The molecule has 138 valence electrons. The predicted molar refractivity (Wildman–Crippen MR) is 96.7 cm³/mol. The van der Waals surface area contributed by atoms with Crippen molar-refractivity contribution >= 4 is 35.6 Å². The van der Waals surface area contributed by atoms with Gasteiger partial charge in [0.2, 0.25) is 11.8 Å². The third-order valence-electron chi connectivity index (χ3n) is 4.76. The van der Waals surface area contributed by atoms with Gasteiger partial charge < -0.3 is 15.5 Å². The third kappa shape index (κ3) is 3.30. The molecule has 3 heterocycles. The first-order valence-electron chi connectivity index (χ1n) is 8.24. The van der Waals surface area contributed by atoms with Gasteiger partial charge in [-0.2, -0.15) is 5.10 Å². The second-order valence-corrected chi connectivity index (χ2v) is 6.34. The molecule has 1 saturated heterocycles. The van der Waals surface area contributed by atoms with Gasteiger partial charge in [-0.3, -0.25) is 14.7 Å². The van der Waals surface area contributed by atoms with E-state index in [1.54, 1.807) is 12.3 Å². The van der Waals surface area contributed by atoms with Gasteiger partial charge in [0, 0.05) is 25.7 Å². The summed E-state index contributed by atoms with van der Waals surface area (Å²) in [6.45, 7) is 1.62. The lowest BCUT2D eigenvalue weighted by molar-refractivity contribution is -0.122. The minimum Gasteiger partial charge on any atom is -0.323 e. The van der Waals surface area contributed by atoms with Crippen LogP contribution in [0.2, 0.25) is 0 Å². The Balaban J connectivity index is 0.00000196. The van der Waals surface area contributed by atoms with E-state index in [-0.39, 0.29) is 48.7 Å². The molecule has 4 rings (SSSR count). The highest BCUT2D eigenvalue weighted by Crippen LogP contribution is 2.28. The van der Waals surface area contributed by atoms with E-state index in [4.69, 9.17) is 0 Å². The standard InChI is InChI=1S/C17H18FN5O2.ClH/c18-16-13-3-4-19-6-10(13)1-2-14(16)22-17(25)11-5-15(24)23(9-11)12-7-20-21-8-12;/h1-2,7-8,11,19H,3-6,9H2,(H,20,21)(H,22,25);1H. The number of nitrogens with one attached hydrogen (secondary N) is 3. The highest BCUT2D eigenvalue weighted by atomic mass is 35.5. The van der Waals surface area contributed by atoms with Crippen LogP contribution in [0.5, 0.6) is 0 Å². The third-order valence-corrected chi connectivity index (χ3v) is 4.76. The van der Waals surface area contributed by atoms with E-state index in [0.717, 1.165) is 12.1 Å². The Morgan fingerprint density at radius 1 is 1.38 bits per heavy atom. The van der Waals surface area contributed by atoms with Crippen LogP contribution < -0.4 is 15.5 Å². The quantitative estimate of drug-likeness (QED) is 0.755. The molecule has 3 N–H and O–H groups in total. The molecule has 9 heteroatoms. The molecule has 2 aliphatic rings. The molecule has 0 aliphatic carbocycles. The lowest BCUT2D eigenvalue weighted by Gasteiger charge is -2.20. The summed E-state index contributed by atoms with van der Waals surface area (Å²) >= 11 is 0. The number of aromatic amines is 1. The fraction of sp³-hybridized carbons (Fsp3) is 0.353. The first-order chi connectivity index (χ1) is 12.1. The summed E-state index contributed by atoms with van der Waals surface area (Å²) in [5, 5.41) is 12.3. The number of carbonyl (C=O) groups is 2. The minimum absolute atomic E-state index is 0. The predicted octanol–water partition coefficient (Wildman–Crippen LogP) is 1.61. The minimum atomic E-state index is -0.514. The molecule has 0 saturated carbocycles. The van der Waals surface area contributed by atoms with Crippen molar-refractivity contribution in [2.45, 2.75) is 19.4 Å². The number of hydrogen-bond acceptors (Lipinski definition) is 4. The average Bonchev–Trinajstić information content (AvgIpc) is 3.27. The summed E-state index contributed by atoms with van der Waals surface area (Å²) in [7, 11) is 0. The van der Waals surface area contributed by atoms with Gasteiger partial charge in [-0.25, -0.2) is 4.39 Å². The van der Waals surface area contributed by atoms with Gasteiger partial charge in [0.1, 0.15) is 5.82 Å². The molecular weight excluding hydrogens is 361 g/mol. The van der Waals surface area contributed by atoms with Crippen molar-refractivity contribution in [2.24, 2.45) is 5.92 Å². The molecule has 7 nitrogen and oxygen atoms in total. The molecular formula is C17H19ClFN5O2. The number of halogens is 2. The van der Waals surface area contributed by atoms with Gasteiger partial charge in [0.15, 0.2) is 0 Å². The van der Waals surface area contributed by atoms with E-state index in [2.05, 4.69) is 20.8 Å². The molecule has 0 bridgehead atoms. The first-order valence-corrected chi connectivity index (χ1v) is 8.24. The molecule has 2 amide bonds. The zero-order valence-corrected chi connectivity index (χ0v) is 14.7. The Morgan fingerprint density at radius 3 is 3.00 bits per heavy atom. The van der Waals surface area contributed by atoms with Gasteiger partial charge >= 0.3 is 0 Å².